The van der Waals surface area contributed by atoms with Crippen LogP contribution in [0.3, 0.4) is 0 Å². The molecule has 0 amide bonds. The van der Waals surface area contributed by atoms with Crippen LogP contribution in [0.5, 0.6) is 0 Å². The Morgan fingerprint density at radius 3 is 2.86 bits per heavy atom. The molecule has 0 aromatic heterocycles. The third kappa shape index (κ3) is 2.17. The molecule has 1 N–H and O–H groups in total. The molecule has 0 heterocycles. The number of methoxy groups -OCH3 is 2. The van der Waals surface area contributed by atoms with Gasteiger partial charge in [0.25, 0.3) is 0 Å². The van der Waals surface area contributed by atoms with Gasteiger partial charge >= 0.3 is 0 Å². The Bertz CT molecular complexity index is 276. The Morgan fingerprint density at radius 2 is 2.36 bits per heavy atom. The summed E-state index contributed by atoms with van der Waals surface area (Å²) >= 11 is 0. The Balaban J connectivity index is 2.91. The first-order valence-electron chi connectivity index (χ1n) is 4.53. The van der Waals surface area contributed by atoms with Gasteiger partial charge in [-0.2, -0.15) is 0 Å². The van der Waals surface area contributed by atoms with Gasteiger partial charge in [-0.1, -0.05) is 6.08 Å². The van der Waals surface area contributed by atoms with Crippen LogP contribution in [0, 0.1) is 0 Å². The zero-order chi connectivity index (χ0) is 10.6. The Hall–Kier alpha value is -1.22. The van der Waals surface area contributed by atoms with Crippen molar-refractivity contribution >= 4 is 0 Å². The maximum atomic E-state index is 9.76. The molecule has 0 aromatic carbocycles. The van der Waals surface area contributed by atoms with Gasteiger partial charge in [0, 0.05) is 13.5 Å². The number of hydrogen-bond acceptors (Lipinski definition) is 3. The number of hydrogen-bond donors (Lipinski definition) is 1. The number of aliphatic hydroxyl groups excluding tert-OH is 1. The maximum Gasteiger partial charge on any atom is 0.156 e. The highest BCUT2D eigenvalue weighted by Gasteiger charge is 2.21. The van der Waals surface area contributed by atoms with Crippen LogP contribution in [-0.2, 0) is 9.47 Å². The van der Waals surface area contributed by atoms with Gasteiger partial charge in [-0.15, -0.1) is 6.58 Å². The zero-order valence-corrected chi connectivity index (χ0v) is 8.62. The molecule has 1 atom stereocenters. The summed E-state index contributed by atoms with van der Waals surface area (Å²) < 4.78 is 10.3. The van der Waals surface area contributed by atoms with Crippen molar-refractivity contribution in [2.45, 2.75) is 18.9 Å². The Labute approximate surface area is 84.3 Å². The van der Waals surface area contributed by atoms with Crippen molar-refractivity contribution in [1.29, 1.82) is 0 Å². The monoisotopic (exact) mass is 196 g/mol. The van der Waals surface area contributed by atoms with Crippen molar-refractivity contribution in [3.63, 3.8) is 0 Å². The third-order valence-corrected chi connectivity index (χ3v) is 2.26. The second-order valence-electron chi connectivity index (χ2n) is 3.14. The Morgan fingerprint density at radius 1 is 1.64 bits per heavy atom. The predicted octanol–water partition coefficient (Wildman–Crippen LogP) is 2.32. The average molecular weight is 196 g/mol. The molecule has 0 aliphatic heterocycles. The van der Waals surface area contributed by atoms with Crippen molar-refractivity contribution in [2.24, 2.45) is 0 Å². The van der Waals surface area contributed by atoms with Crippen LogP contribution in [-0.4, -0.2) is 25.4 Å². The third-order valence-electron chi connectivity index (χ3n) is 2.26. The van der Waals surface area contributed by atoms with E-state index in [-0.39, 0.29) is 11.9 Å². The predicted molar refractivity (Wildman–Crippen MR) is 55.0 cm³/mol. The van der Waals surface area contributed by atoms with Gasteiger partial charge in [0.15, 0.2) is 5.76 Å². The molecule has 3 nitrogen and oxygen atoms in total. The van der Waals surface area contributed by atoms with Crippen LogP contribution in [0.25, 0.3) is 0 Å². The van der Waals surface area contributed by atoms with Gasteiger partial charge in [0.2, 0.25) is 0 Å². The summed E-state index contributed by atoms with van der Waals surface area (Å²) in [6.45, 7) is 3.63. The van der Waals surface area contributed by atoms with E-state index in [1.54, 1.807) is 20.3 Å². The lowest BCUT2D eigenvalue weighted by Gasteiger charge is -2.21. The molecule has 0 saturated carbocycles. The first-order valence-corrected chi connectivity index (χ1v) is 4.53. The molecule has 0 radical (unpaired) electrons. The highest BCUT2D eigenvalue weighted by Crippen LogP contribution is 2.27. The van der Waals surface area contributed by atoms with Crippen molar-refractivity contribution in [3.8, 4) is 0 Å². The smallest absolute Gasteiger partial charge is 0.156 e. The minimum Gasteiger partial charge on any atom is -0.504 e. The van der Waals surface area contributed by atoms with Crippen LogP contribution in [0.15, 0.2) is 35.8 Å². The summed E-state index contributed by atoms with van der Waals surface area (Å²) in [7, 11) is 3.19. The molecule has 1 rings (SSSR count). The molecule has 0 bridgehead atoms. The van der Waals surface area contributed by atoms with E-state index in [1.165, 1.54) is 0 Å². The summed E-state index contributed by atoms with van der Waals surface area (Å²) in [5.41, 5.74) is 0.815. The molecule has 1 aliphatic carbocycles. The molecule has 3 heteroatoms. The fourth-order valence-corrected chi connectivity index (χ4v) is 1.47. The standard InChI is InChI=1S/C11H16O3/c1-4-5-8-6-9(13-2)7-10(14-3)11(8)12/h4,6,9,12H,1,5,7H2,2-3H3. The summed E-state index contributed by atoms with van der Waals surface area (Å²) in [5, 5.41) is 9.76. The Kier molecular flexibility index (Phi) is 3.77. The van der Waals surface area contributed by atoms with Gasteiger partial charge < -0.3 is 14.6 Å². The lowest BCUT2D eigenvalue weighted by Crippen LogP contribution is -2.16. The zero-order valence-electron chi connectivity index (χ0n) is 8.62. The molecule has 0 spiro atoms. The van der Waals surface area contributed by atoms with Gasteiger partial charge in [-0.3, -0.25) is 0 Å². The largest absolute Gasteiger partial charge is 0.504 e. The lowest BCUT2D eigenvalue weighted by atomic mass is 9.98. The van der Waals surface area contributed by atoms with Crippen LogP contribution in [0.2, 0.25) is 0 Å². The van der Waals surface area contributed by atoms with Crippen molar-refractivity contribution in [1.82, 2.24) is 0 Å². The first kappa shape index (κ1) is 10.9. The minimum absolute atomic E-state index is 0.0178. The van der Waals surface area contributed by atoms with E-state index in [9.17, 15) is 5.11 Å². The van der Waals surface area contributed by atoms with E-state index in [1.807, 2.05) is 6.08 Å². The second kappa shape index (κ2) is 4.86. The summed E-state index contributed by atoms with van der Waals surface area (Å²) in [6, 6.07) is 0. The molecular formula is C11H16O3. The van der Waals surface area contributed by atoms with E-state index in [0.29, 0.717) is 18.6 Å². The van der Waals surface area contributed by atoms with Crippen LogP contribution in [0.1, 0.15) is 12.8 Å². The maximum absolute atomic E-state index is 9.76. The topological polar surface area (TPSA) is 38.7 Å². The molecule has 0 fully saturated rings. The van der Waals surface area contributed by atoms with Gasteiger partial charge in [0.05, 0.1) is 13.2 Å². The minimum atomic E-state index is -0.0178. The molecule has 0 aromatic rings. The van der Waals surface area contributed by atoms with Gasteiger partial charge in [-0.05, 0) is 18.1 Å². The molecule has 14 heavy (non-hydrogen) atoms. The van der Waals surface area contributed by atoms with E-state index < -0.39 is 0 Å². The highest BCUT2D eigenvalue weighted by molar-refractivity contribution is 5.34. The normalized spacial score (nSPS) is 21.9. The van der Waals surface area contributed by atoms with Crippen molar-refractivity contribution < 1.29 is 14.6 Å². The van der Waals surface area contributed by atoms with Gasteiger partial charge in [-0.25, -0.2) is 0 Å². The first-order chi connectivity index (χ1) is 6.72. The number of allylic oxidation sites excluding steroid dienone is 2. The van der Waals surface area contributed by atoms with E-state index in [2.05, 4.69) is 6.58 Å². The second-order valence-corrected chi connectivity index (χ2v) is 3.14. The van der Waals surface area contributed by atoms with Crippen LogP contribution >= 0.6 is 0 Å². The molecule has 1 unspecified atom stereocenters. The quantitative estimate of drug-likeness (QED) is 0.701. The van der Waals surface area contributed by atoms with Gasteiger partial charge in [0.1, 0.15) is 5.76 Å². The lowest BCUT2D eigenvalue weighted by molar-refractivity contribution is 0.113. The fourth-order valence-electron chi connectivity index (χ4n) is 1.47. The number of rotatable bonds is 4. The molecule has 78 valence electrons. The van der Waals surface area contributed by atoms with E-state index >= 15 is 0 Å². The molecular weight excluding hydrogens is 180 g/mol. The summed E-state index contributed by atoms with van der Waals surface area (Å²) in [4.78, 5) is 0. The number of ether oxygens (including phenoxy) is 2. The fraction of sp³-hybridized carbons (Fsp3) is 0.455. The molecule has 0 saturated heterocycles. The highest BCUT2D eigenvalue weighted by atomic mass is 16.5. The summed E-state index contributed by atoms with van der Waals surface area (Å²) in [6.07, 6.45) is 4.83. The number of aliphatic hydroxyl groups is 1. The SMILES string of the molecule is C=CCC1=CC(OC)CC(OC)=C1O. The van der Waals surface area contributed by atoms with Crippen molar-refractivity contribution in [2.75, 3.05) is 14.2 Å². The van der Waals surface area contributed by atoms with E-state index in [4.69, 9.17) is 9.47 Å². The van der Waals surface area contributed by atoms with Crippen LogP contribution < -0.4 is 0 Å². The van der Waals surface area contributed by atoms with E-state index in [0.717, 1.165) is 5.57 Å². The molecule has 1 aliphatic rings. The van der Waals surface area contributed by atoms with Crippen LogP contribution in [0.4, 0.5) is 0 Å². The van der Waals surface area contributed by atoms with Crippen molar-refractivity contribution in [3.05, 3.63) is 35.8 Å². The average Bonchev–Trinajstić information content (AvgIpc) is 2.21. The summed E-state index contributed by atoms with van der Waals surface area (Å²) in [5.74, 6) is 0.803.